The van der Waals surface area contributed by atoms with Crippen molar-refractivity contribution in [3.05, 3.63) is 117 Å². The van der Waals surface area contributed by atoms with E-state index < -0.39 is 11.8 Å². The van der Waals surface area contributed by atoms with Gasteiger partial charge >= 0.3 is 0 Å². The Morgan fingerprint density at radius 1 is 0.455 bits per heavy atom. The number of benzene rings is 4. The van der Waals surface area contributed by atoms with Crippen LogP contribution in [-0.2, 0) is 35.3 Å². The van der Waals surface area contributed by atoms with E-state index in [2.05, 4.69) is 94.1 Å². The van der Waals surface area contributed by atoms with E-state index in [1.54, 1.807) is 0 Å². The van der Waals surface area contributed by atoms with Crippen molar-refractivity contribution in [3.63, 3.8) is 0 Å². The first-order valence-corrected chi connectivity index (χ1v) is 17.6. The molecule has 222 valence electrons. The molecule has 0 saturated heterocycles. The maximum atomic E-state index is 14.2. The number of anilines is 4. The van der Waals surface area contributed by atoms with Crippen molar-refractivity contribution >= 4 is 54.6 Å². The van der Waals surface area contributed by atoms with Gasteiger partial charge in [-0.3, -0.25) is 9.59 Å². The van der Waals surface area contributed by atoms with Crippen LogP contribution in [0.5, 0.6) is 0 Å². The minimum Gasteiger partial charge on any atom is -0.384 e. The highest BCUT2D eigenvalue weighted by Crippen LogP contribution is 2.43. The molecule has 8 heteroatoms. The third-order valence-electron chi connectivity index (χ3n) is 9.37. The van der Waals surface area contributed by atoms with Gasteiger partial charge in [-0.15, -0.1) is 0 Å². The summed E-state index contributed by atoms with van der Waals surface area (Å²) in [7, 11) is 2.18. The fourth-order valence-electron chi connectivity index (χ4n) is 7.12. The summed E-state index contributed by atoms with van der Waals surface area (Å²) in [6, 6.07) is 25.4. The van der Waals surface area contributed by atoms with Crippen LogP contribution in [0.25, 0.3) is 0 Å². The number of carbonyl (C=O) groups excluding carboxylic acids is 2. The largest absolute Gasteiger partial charge is 0.384 e. The number of fused-ring (bicyclic) bond motifs is 4. The molecule has 0 aromatic heterocycles. The summed E-state index contributed by atoms with van der Waals surface area (Å²) < 4.78 is 0. The van der Waals surface area contributed by atoms with Crippen LogP contribution in [0.4, 0.5) is 22.7 Å². The van der Waals surface area contributed by atoms with Gasteiger partial charge in [0.15, 0.2) is 0 Å². The van der Waals surface area contributed by atoms with Crippen molar-refractivity contribution in [1.29, 1.82) is 0 Å². The van der Waals surface area contributed by atoms with Gasteiger partial charge in [-0.1, -0.05) is 48.5 Å². The van der Waals surface area contributed by atoms with Crippen LogP contribution < -0.4 is 21.3 Å². The van der Waals surface area contributed by atoms with Crippen LogP contribution in [-0.4, -0.2) is 36.4 Å². The summed E-state index contributed by atoms with van der Waals surface area (Å²) in [6.45, 7) is 3.67. The Kier molecular flexibility index (Phi) is 7.27. The predicted molar refractivity (Wildman–Crippen MR) is 183 cm³/mol. The quantitative estimate of drug-likeness (QED) is 0.173. The molecular formula is C36H34N4O2S2. The molecular weight excluding hydrogens is 585 g/mol. The highest BCUT2D eigenvalue weighted by molar-refractivity contribution is 8.87. The minimum atomic E-state index is -0.451. The molecule has 4 aromatic carbocycles. The Hall–Kier alpha value is -3.88. The maximum absolute atomic E-state index is 14.2. The molecule has 0 unspecified atom stereocenters. The molecule has 4 aliphatic heterocycles. The maximum Gasteiger partial charge on any atom is 0.211 e. The van der Waals surface area contributed by atoms with Crippen LogP contribution >= 0.6 is 21.6 Å². The summed E-state index contributed by atoms with van der Waals surface area (Å²) in [6.07, 6.45) is 3.80. The van der Waals surface area contributed by atoms with Crippen LogP contribution in [0.3, 0.4) is 0 Å². The van der Waals surface area contributed by atoms with Crippen molar-refractivity contribution in [2.24, 2.45) is 0 Å². The standard InChI is InChI=1S/C36H34N4O2S2/c41-35(33(25-1-5-29-21(17-25)9-13-37-29)26-2-6-30-22(18-26)10-14-38-30)43-44-36(42)34(27-3-7-31-23(19-27)11-15-39-31)28-4-8-32-24(20-28)12-16-40-32/h1-8,17-20,33-34,37-40H,9-16H2. The molecule has 8 rings (SSSR count). The van der Waals surface area contributed by atoms with Gasteiger partial charge in [-0.2, -0.15) is 0 Å². The molecule has 0 spiro atoms. The smallest absolute Gasteiger partial charge is 0.211 e. The van der Waals surface area contributed by atoms with E-state index in [1.165, 1.54) is 22.3 Å². The van der Waals surface area contributed by atoms with Crippen LogP contribution in [0, 0.1) is 0 Å². The lowest BCUT2D eigenvalue weighted by Crippen LogP contribution is -2.14. The molecule has 0 aliphatic carbocycles. The normalized spacial score (nSPS) is 15.6. The monoisotopic (exact) mass is 618 g/mol. The molecule has 0 saturated carbocycles. The third-order valence-corrected chi connectivity index (χ3v) is 11.5. The topological polar surface area (TPSA) is 82.3 Å². The van der Waals surface area contributed by atoms with E-state index in [9.17, 15) is 9.59 Å². The molecule has 4 N–H and O–H groups in total. The lowest BCUT2D eigenvalue weighted by molar-refractivity contribution is -0.112. The van der Waals surface area contributed by atoms with Crippen molar-refractivity contribution in [3.8, 4) is 0 Å². The molecule has 4 aliphatic rings. The Bertz CT molecular complexity index is 1560. The number of rotatable bonds is 6. The summed E-state index contributed by atoms with van der Waals surface area (Å²) >= 11 is 0. The number of hydrogen-bond donors (Lipinski definition) is 4. The van der Waals surface area contributed by atoms with Gasteiger partial charge in [0.1, 0.15) is 0 Å². The average molecular weight is 619 g/mol. The van der Waals surface area contributed by atoms with E-state index in [0.29, 0.717) is 0 Å². The summed E-state index contributed by atoms with van der Waals surface area (Å²) in [4.78, 5) is 28.4. The zero-order valence-corrected chi connectivity index (χ0v) is 26.0. The van der Waals surface area contributed by atoms with Gasteiger partial charge in [0, 0.05) is 48.9 Å². The first kappa shape index (κ1) is 27.7. The van der Waals surface area contributed by atoms with Gasteiger partial charge in [0.2, 0.25) is 10.2 Å². The van der Waals surface area contributed by atoms with Crippen LogP contribution in [0.2, 0.25) is 0 Å². The van der Waals surface area contributed by atoms with Crippen molar-refractivity contribution < 1.29 is 9.59 Å². The Balaban J connectivity index is 1.10. The van der Waals surface area contributed by atoms with Gasteiger partial charge in [0.05, 0.1) is 11.8 Å². The van der Waals surface area contributed by atoms with E-state index in [0.717, 1.165) is 118 Å². The van der Waals surface area contributed by atoms with Gasteiger partial charge in [-0.25, -0.2) is 0 Å². The van der Waals surface area contributed by atoms with Crippen molar-refractivity contribution in [1.82, 2.24) is 0 Å². The Labute approximate surface area is 265 Å². The second kappa shape index (κ2) is 11.6. The second-order valence-electron chi connectivity index (χ2n) is 12.0. The molecule has 6 nitrogen and oxygen atoms in total. The highest BCUT2D eigenvalue weighted by Gasteiger charge is 2.31. The summed E-state index contributed by atoms with van der Waals surface area (Å²) in [5.74, 6) is -0.902. The fraction of sp³-hybridized carbons (Fsp3) is 0.278. The fourth-order valence-corrected chi connectivity index (χ4v) is 9.10. The lowest BCUT2D eigenvalue weighted by atomic mass is 9.89. The summed E-state index contributed by atoms with van der Waals surface area (Å²) in [5.41, 5.74) is 13.5. The number of nitrogens with one attached hydrogen (secondary N) is 4. The van der Waals surface area contributed by atoms with E-state index >= 15 is 0 Å². The average Bonchev–Trinajstić information content (AvgIpc) is 3.86. The highest BCUT2D eigenvalue weighted by atomic mass is 33.1. The Morgan fingerprint density at radius 3 is 1.00 bits per heavy atom. The van der Waals surface area contributed by atoms with E-state index in [-0.39, 0.29) is 10.2 Å². The first-order chi connectivity index (χ1) is 21.6. The molecule has 0 radical (unpaired) electrons. The summed E-state index contributed by atoms with van der Waals surface area (Å²) in [5, 5.41) is 13.7. The molecule has 0 amide bonds. The Morgan fingerprint density at radius 2 is 0.727 bits per heavy atom. The number of carbonyl (C=O) groups is 2. The SMILES string of the molecule is O=C(SSC(=O)C(c1ccc2c(c1)CCN2)c1ccc2c(c1)CCN2)C(c1ccc2c(c1)CCN2)c1ccc2c(c1)CCN2. The van der Waals surface area contributed by atoms with E-state index in [1.807, 2.05) is 0 Å². The van der Waals surface area contributed by atoms with Crippen LogP contribution in [0.15, 0.2) is 72.8 Å². The zero-order valence-electron chi connectivity index (χ0n) is 24.4. The zero-order chi connectivity index (χ0) is 29.6. The minimum absolute atomic E-state index is 0.0183. The first-order valence-electron chi connectivity index (χ1n) is 15.5. The van der Waals surface area contributed by atoms with Crippen LogP contribution in [0.1, 0.15) is 56.3 Å². The van der Waals surface area contributed by atoms with Gasteiger partial charge < -0.3 is 21.3 Å². The molecule has 0 atom stereocenters. The van der Waals surface area contributed by atoms with Crippen molar-refractivity contribution in [2.75, 3.05) is 47.4 Å². The molecule has 0 fully saturated rings. The predicted octanol–water partition coefficient (Wildman–Crippen LogP) is 6.96. The molecule has 4 heterocycles. The van der Waals surface area contributed by atoms with E-state index in [4.69, 9.17) is 0 Å². The lowest BCUT2D eigenvalue weighted by Gasteiger charge is -2.20. The van der Waals surface area contributed by atoms with Gasteiger partial charge in [-0.05, 0) is 116 Å². The molecule has 0 bridgehead atoms. The second-order valence-corrected chi connectivity index (χ2v) is 14.2. The molecule has 4 aromatic rings. The van der Waals surface area contributed by atoms with Crippen molar-refractivity contribution in [2.45, 2.75) is 37.5 Å². The van der Waals surface area contributed by atoms with Gasteiger partial charge in [0.25, 0.3) is 0 Å². The third kappa shape index (κ3) is 5.14. The number of hydrogen-bond acceptors (Lipinski definition) is 8. The molecule has 44 heavy (non-hydrogen) atoms.